The standard InChI is InChI=1S/C22H22ClN3O2S/c23-22-20(16-19-8-4-5-9-21(19)24-22)17-25-11-13-26(14-12-25)29(27,28)15-10-18-6-2-1-3-7-18/h1-10,15-16H,11-14,17H2/b15-10+. The molecule has 0 radical (unpaired) electrons. The fourth-order valence-electron chi connectivity index (χ4n) is 3.44. The molecule has 7 heteroatoms. The molecule has 0 saturated carbocycles. The monoisotopic (exact) mass is 427 g/mol. The highest BCUT2D eigenvalue weighted by atomic mass is 35.5. The number of hydrogen-bond acceptors (Lipinski definition) is 4. The van der Waals surface area contributed by atoms with Gasteiger partial charge in [-0.05, 0) is 23.8 Å². The predicted molar refractivity (Wildman–Crippen MR) is 118 cm³/mol. The Bertz CT molecular complexity index is 1130. The topological polar surface area (TPSA) is 53.5 Å². The highest BCUT2D eigenvalue weighted by molar-refractivity contribution is 7.92. The van der Waals surface area contributed by atoms with Crippen LogP contribution in [0.4, 0.5) is 0 Å². The Morgan fingerprint density at radius 3 is 2.41 bits per heavy atom. The lowest BCUT2D eigenvalue weighted by Gasteiger charge is -2.33. The van der Waals surface area contributed by atoms with Gasteiger partial charge in [-0.25, -0.2) is 13.4 Å². The van der Waals surface area contributed by atoms with E-state index in [4.69, 9.17) is 11.6 Å². The van der Waals surface area contributed by atoms with Gasteiger partial charge in [-0.15, -0.1) is 0 Å². The maximum atomic E-state index is 12.6. The van der Waals surface area contributed by atoms with E-state index in [0.717, 1.165) is 22.0 Å². The van der Waals surface area contributed by atoms with Crippen molar-refractivity contribution in [3.8, 4) is 0 Å². The Labute approximate surface area is 176 Å². The highest BCUT2D eigenvalue weighted by Crippen LogP contribution is 2.22. The molecule has 0 aliphatic carbocycles. The molecular weight excluding hydrogens is 406 g/mol. The van der Waals surface area contributed by atoms with E-state index in [1.54, 1.807) is 6.08 Å². The summed E-state index contributed by atoms with van der Waals surface area (Å²) in [7, 11) is -3.43. The first-order valence-corrected chi connectivity index (χ1v) is 11.4. The molecule has 1 saturated heterocycles. The molecule has 150 valence electrons. The Hall–Kier alpha value is -2.25. The van der Waals surface area contributed by atoms with Gasteiger partial charge in [0.2, 0.25) is 10.0 Å². The van der Waals surface area contributed by atoms with Gasteiger partial charge in [-0.3, -0.25) is 4.90 Å². The zero-order valence-electron chi connectivity index (χ0n) is 15.9. The molecule has 0 unspecified atom stereocenters. The van der Waals surface area contributed by atoms with Gasteiger partial charge in [0.05, 0.1) is 5.52 Å². The average Bonchev–Trinajstić information content (AvgIpc) is 2.74. The van der Waals surface area contributed by atoms with Crippen molar-refractivity contribution in [2.45, 2.75) is 6.54 Å². The summed E-state index contributed by atoms with van der Waals surface area (Å²) in [5.74, 6) is 0. The van der Waals surface area contributed by atoms with Crippen molar-refractivity contribution in [1.29, 1.82) is 0 Å². The molecule has 0 bridgehead atoms. The van der Waals surface area contributed by atoms with Crippen LogP contribution in [0.15, 0.2) is 66.1 Å². The van der Waals surface area contributed by atoms with Gasteiger partial charge >= 0.3 is 0 Å². The molecule has 1 fully saturated rings. The van der Waals surface area contributed by atoms with Crippen LogP contribution in [-0.2, 0) is 16.6 Å². The van der Waals surface area contributed by atoms with Gasteiger partial charge < -0.3 is 0 Å². The number of sulfonamides is 1. The molecule has 0 spiro atoms. The molecule has 4 rings (SSSR count). The van der Waals surface area contributed by atoms with Crippen molar-refractivity contribution in [2.24, 2.45) is 0 Å². The molecular formula is C22H22ClN3O2S. The normalized spacial score (nSPS) is 16.6. The van der Waals surface area contributed by atoms with Crippen LogP contribution in [0.5, 0.6) is 0 Å². The van der Waals surface area contributed by atoms with E-state index in [0.29, 0.717) is 37.9 Å². The minimum atomic E-state index is -3.43. The lowest BCUT2D eigenvalue weighted by molar-refractivity contribution is 0.182. The van der Waals surface area contributed by atoms with Gasteiger partial charge in [0.25, 0.3) is 0 Å². The number of benzene rings is 2. The molecule has 1 aromatic heterocycles. The number of halogens is 1. The second-order valence-electron chi connectivity index (χ2n) is 7.06. The van der Waals surface area contributed by atoms with E-state index < -0.39 is 10.0 Å². The van der Waals surface area contributed by atoms with Crippen LogP contribution in [0.3, 0.4) is 0 Å². The number of aromatic nitrogens is 1. The van der Waals surface area contributed by atoms with Gasteiger partial charge in [0.15, 0.2) is 0 Å². The van der Waals surface area contributed by atoms with E-state index >= 15 is 0 Å². The lowest BCUT2D eigenvalue weighted by atomic mass is 10.1. The predicted octanol–water partition coefficient (Wildman–Crippen LogP) is 4.01. The van der Waals surface area contributed by atoms with Crippen LogP contribution in [0, 0.1) is 0 Å². The smallest absolute Gasteiger partial charge is 0.236 e. The molecule has 2 aromatic carbocycles. The van der Waals surface area contributed by atoms with Gasteiger partial charge in [-0.2, -0.15) is 4.31 Å². The van der Waals surface area contributed by atoms with Crippen molar-refractivity contribution >= 4 is 38.6 Å². The zero-order chi connectivity index (χ0) is 20.3. The van der Waals surface area contributed by atoms with Crippen LogP contribution >= 0.6 is 11.6 Å². The second-order valence-corrected chi connectivity index (χ2v) is 9.24. The zero-order valence-corrected chi connectivity index (χ0v) is 17.5. The van der Waals surface area contributed by atoms with E-state index in [-0.39, 0.29) is 0 Å². The number of piperazine rings is 1. The molecule has 29 heavy (non-hydrogen) atoms. The molecule has 0 N–H and O–H groups in total. The third kappa shape index (κ3) is 4.85. The number of rotatable bonds is 5. The lowest BCUT2D eigenvalue weighted by Crippen LogP contribution is -2.47. The summed E-state index contributed by atoms with van der Waals surface area (Å²) in [6.45, 7) is 2.88. The third-order valence-electron chi connectivity index (χ3n) is 5.07. The fourth-order valence-corrected chi connectivity index (χ4v) is 4.82. The summed E-state index contributed by atoms with van der Waals surface area (Å²) in [6.07, 6.45) is 1.64. The van der Waals surface area contributed by atoms with E-state index in [2.05, 4.69) is 16.0 Å². The Balaban J connectivity index is 1.39. The summed E-state index contributed by atoms with van der Waals surface area (Å²) >= 11 is 6.37. The number of hydrogen-bond donors (Lipinski definition) is 0. The van der Waals surface area contributed by atoms with Crippen molar-refractivity contribution in [2.75, 3.05) is 26.2 Å². The van der Waals surface area contributed by atoms with Crippen LogP contribution in [0.2, 0.25) is 5.15 Å². The van der Waals surface area contributed by atoms with Crippen molar-refractivity contribution in [1.82, 2.24) is 14.2 Å². The summed E-state index contributed by atoms with van der Waals surface area (Å²) in [4.78, 5) is 6.68. The molecule has 5 nitrogen and oxygen atoms in total. The van der Waals surface area contributed by atoms with Gasteiger partial charge in [0, 0.05) is 49.1 Å². The number of pyridine rings is 1. The van der Waals surface area contributed by atoms with E-state index in [1.165, 1.54) is 9.71 Å². The second kappa shape index (κ2) is 8.63. The molecule has 0 atom stereocenters. The largest absolute Gasteiger partial charge is 0.296 e. The van der Waals surface area contributed by atoms with Gasteiger partial charge in [0.1, 0.15) is 5.15 Å². The summed E-state index contributed by atoms with van der Waals surface area (Å²) in [6, 6.07) is 19.4. The summed E-state index contributed by atoms with van der Waals surface area (Å²) < 4.78 is 26.8. The summed E-state index contributed by atoms with van der Waals surface area (Å²) in [5.41, 5.74) is 2.71. The van der Waals surface area contributed by atoms with Crippen LogP contribution < -0.4 is 0 Å². The number of para-hydroxylation sites is 1. The number of nitrogens with zero attached hydrogens (tertiary/aromatic N) is 3. The Kier molecular flexibility index (Phi) is 5.96. The van der Waals surface area contributed by atoms with E-state index in [1.807, 2.05) is 54.6 Å². The Morgan fingerprint density at radius 2 is 1.66 bits per heavy atom. The average molecular weight is 428 g/mol. The Morgan fingerprint density at radius 1 is 0.966 bits per heavy atom. The summed E-state index contributed by atoms with van der Waals surface area (Å²) in [5, 5.41) is 2.85. The van der Waals surface area contributed by atoms with Crippen LogP contribution in [0.1, 0.15) is 11.1 Å². The molecule has 0 amide bonds. The third-order valence-corrected chi connectivity index (χ3v) is 6.96. The maximum absolute atomic E-state index is 12.6. The van der Waals surface area contributed by atoms with Crippen molar-refractivity contribution in [3.63, 3.8) is 0 Å². The molecule has 2 heterocycles. The SMILES string of the molecule is O=S(=O)(/C=C/c1ccccc1)N1CCN(Cc2cc3ccccc3nc2Cl)CC1. The van der Waals surface area contributed by atoms with E-state index in [9.17, 15) is 8.42 Å². The van der Waals surface area contributed by atoms with Crippen molar-refractivity contribution in [3.05, 3.63) is 82.4 Å². The quantitative estimate of drug-likeness (QED) is 0.577. The van der Waals surface area contributed by atoms with Crippen LogP contribution in [-0.4, -0.2) is 48.8 Å². The minimum Gasteiger partial charge on any atom is -0.296 e. The first-order chi connectivity index (χ1) is 14.0. The van der Waals surface area contributed by atoms with Crippen molar-refractivity contribution < 1.29 is 8.42 Å². The highest BCUT2D eigenvalue weighted by Gasteiger charge is 2.25. The fraction of sp³-hybridized carbons (Fsp3) is 0.227. The number of fused-ring (bicyclic) bond motifs is 1. The molecule has 1 aliphatic rings. The molecule has 1 aliphatic heterocycles. The van der Waals surface area contributed by atoms with Gasteiger partial charge in [-0.1, -0.05) is 60.1 Å². The molecule has 3 aromatic rings. The first kappa shape index (κ1) is 20.0. The maximum Gasteiger partial charge on any atom is 0.236 e. The van der Waals surface area contributed by atoms with Crippen LogP contribution in [0.25, 0.3) is 17.0 Å². The minimum absolute atomic E-state index is 0.458. The first-order valence-electron chi connectivity index (χ1n) is 9.51.